The summed E-state index contributed by atoms with van der Waals surface area (Å²) in [6.45, 7) is 1.49. The minimum Gasteiger partial charge on any atom is -0.506 e. The summed E-state index contributed by atoms with van der Waals surface area (Å²) in [5.41, 5.74) is 3.22. The molecule has 0 aliphatic carbocycles. The van der Waals surface area contributed by atoms with E-state index in [0.717, 1.165) is 16.5 Å². The summed E-state index contributed by atoms with van der Waals surface area (Å²) in [4.78, 5) is 18.8. The van der Waals surface area contributed by atoms with Crippen LogP contribution in [0.25, 0.3) is 10.9 Å². The van der Waals surface area contributed by atoms with E-state index in [9.17, 15) is 20.1 Å². The van der Waals surface area contributed by atoms with E-state index in [1.54, 1.807) is 6.92 Å². The Kier molecular flexibility index (Phi) is 5.20. The predicted octanol–water partition coefficient (Wildman–Crippen LogP) is 1.85. The highest BCUT2D eigenvalue weighted by Gasteiger charge is 2.21. The van der Waals surface area contributed by atoms with E-state index >= 15 is 0 Å². The van der Waals surface area contributed by atoms with Gasteiger partial charge in [-0.2, -0.15) is 0 Å². The lowest BCUT2D eigenvalue weighted by atomic mass is 10.0. The molecule has 2 heterocycles. The average Bonchev–Trinajstić information content (AvgIpc) is 3.04. The maximum absolute atomic E-state index is 11.7. The molecule has 7 nitrogen and oxygen atoms in total. The van der Waals surface area contributed by atoms with Crippen LogP contribution in [-0.2, 0) is 24.4 Å². The van der Waals surface area contributed by atoms with Crippen molar-refractivity contribution >= 4 is 16.9 Å². The Bertz CT molecular complexity index is 936. The molecule has 0 aliphatic heterocycles. The molecule has 3 aromatic rings. The van der Waals surface area contributed by atoms with Crippen molar-refractivity contribution in [2.24, 2.45) is 0 Å². The number of aliphatic hydroxyl groups excluding tert-OH is 1. The van der Waals surface area contributed by atoms with E-state index in [1.807, 2.05) is 30.5 Å². The number of hydrogen-bond acceptors (Lipinski definition) is 5. The van der Waals surface area contributed by atoms with Gasteiger partial charge in [-0.1, -0.05) is 18.2 Å². The van der Waals surface area contributed by atoms with Crippen molar-refractivity contribution in [3.8, 4) is 5.75 Å². The van der Waals surface area contributed by atoms with Crippen LogP contribution in [0.3, 0.4) is 0 Å². The van der Waals surface area contributed by atoms with Crippen LogP contribution in [0.4, 0.5) is 0 Å². The van der Waals surface area contributed by atoms with Crippen LogP contribution in [0.2, 0.25) is 0 Å². The van der Waals surface area contributed by atoms with E-state index in [-0.39, 0.29) is 18.9 Å². The molecular weight excluding hydrogens is 334 g/mol. The zero-order valence-electron chi connectivity index (χ0n) is 14.4. The summed E-state index contributed by atoms with van der Waals surface area (Å²) < 4.78 is 0. The monoisotopic (exact) mass is 355 g/mol. The van der Waals surface area contributed by atoms with Crippen molar-refractivity contribution in [2.75, 3.05) is 0 Å². The quantitative estimate of drug-likeness (QED) is 0.441. The lowest BCUT2D eigenvalue weighted by Crippen LogP contribution is -2.38. The lowest BCUT2D eigenvalue weighted by Gasteiger charge is -2.17. The van der Waals surface area contributed by atoms with Crippen LogP contribution < -0.4 is 5.32 Å². The Labute approximate surface area is 150 Å². The first-order chi connectivity index (χ1) is 12.5. The number of para-hydroxylation sites is 1. The van der Waals surface area contributed by atoms with E-state index in [0.29, 0.717) is 23.2 Å². The Balaban J connectivity index is 1.80. The molecule has 0 radical (unpaired) electrons. The molecule has 0 spiro atoms. The Morgan fingerprint density at radius 1 is 1.31 bits per heavy atom. The fraction of sp³-hybridized carbons (Fsp3) is 0.263. The Hall–Kier alpha value is -2.90. The summed E-state index contributed by atoms with van der Waals surface area (Å²) in [5, 5.41) is 33.2. The minimum atomic E-state index is -0.980. The van der Waals surface area contributed by atoms with Crippen LogP contribution in [0.1, 0.15) is 22.4 Å². The third-order valence-electron chi connectivity index (χ3n) is 4.52. The van der Waals surface area contributed by atoms with Gasteiger partial charge in [0.25, 0.3) is 0 Å². The number of aromatic hydroxyl groups is 1. The summed E-state index contributed by atoms with van der Waals surface area (Å²) in [6.07, 6.45) is 3.59. The molecular formula is C19H21N3O4. The molecule has 0 amide bonds. The average molecular weight is 355 g/mol. The molecule has 5 N–H and O–H groups in total. The van der Waals surface area contributed by atoms with Crippen LogP contribution in [0.5, 0.6) is 5.75 Å². The highest BCUT2D eigenvalue weighted by molar-refractivity contribution is 5.84. The maximum atomic E-state index is 11.7. The van der Waals surface area contributed by atoms with Gasteiger partial charge in [-0.3, -0.25) is 15.1 Å². The molecule has 0 fully saturated rings. The molecule has 1 aromatic carbocycles. The number of nitrogens with one attached hydrogen (secondary N) is 2. The summed E-state index contributed by atoms with van der Waals surface area (Å²) in [5.74, 6) is -1.01. The number of rotatable bonds is 7. The number of carboxylic acid groups (broad SMARTS) is 1. The van der Waals surface area contributed by atoms with Crippen molar-refractivity contribution in [1.82, 2.24) is 15.3 Å². The van der Waals surface area contributed by atoms with Gasteiger partial charge < -0.3 is 20.3 Å². The van der Waals surface area contributed by atoms with Crippen molar-refractivity contribution in [1.29, 1.82) is 0 Å². The number of aromatic nitrogens is 2. The third-order valence-corrected chi connectivity index (χ3v) is 4.52. The van der Waals surface area contributed by atoms with Gasteiger partial charge in [0.15, 0.2) is 0 Å². The normalized spacial score (nSPS) is 12.4. The number of aromatic amines is 1. The van der Waals surface area contributed by atoms with Gasteiger partial charge >= 0.3 is 5.97 Å². The number of H-pyrrole nitrogens is 1. The fourth-order valence-electron chi connectivity index (χ4n) is 3.01. The number of benzene rings is 1. The number of nitrogens with zero attached hydrogens (tertiary/aromatic N) is 1. The molecule has 0 saturated heterocycles. The van der Waals surface area contributed by atoms with Gasteiger partial charge in [-0.15, -0.1) is 0 Å². The first kappa shape index (κ1) is 17.9. The number of aryl methyl sites for hydroxylation is 1. The highest BCUT2D eigenvalue weighted by atomic mass is 16.4. The summed E-state index contributed by atoms with van der Waals surface area (Å²) in [7, 11) is 0. The van der Waals surface area contributed by atoms with Crippen molar-refractivity contribution in [2.45, 2.75) is 32.5 Å². The molecule has 7 heteroatoms. The highest BCUT2D eigenvalue weighted by Crippen LogP contribution is 2.24. The van der Waals surface area contributed by atoms with Crippen molar-refractivity contribution in [3.05, 3.63) is 59.0 Å². The van der Waals surface area contributed by atoms with Gasteiger partial charge in [-0.05, 0) is 18.6 Å². The molecule has 0 unspecified atom stereocenters. The van der Waals surface area contributed by atoms with Gasteiger partial charge in [0.2, 0.25) is 0 Å². The van der Waals surface area contributed by atoms with Crippen LogP contribution in [0, 0.1) is 6.92 Å². The topological polar surface area (TPSA) is 118 Å². The smallest absolute Gasteiger partial charge is 0.321 e. The second-order valence-corrected chi connectivity index (χ2v) is 6.19. The molecule has 0 aliphatic rings. The first-order valence-corrected chi connectivity index (χ1v) is 8.29. The summed E-state index contributed by atoms with van der Waals surface area (Å²) >= 11 is 0. The standard InChI is InChI=1S/C19H21N3O4/c1-11-18(24)15(13(10-23)8-20-11)9-22-17(19(25)26)6-12-7-21-16-5-3-2-4-14(12)16/h2-5,7-8,17,21-24H,6,9-10H2,1H3,(H,25,26)/t17-/m0/s1. The van der Waals surface area contributed by atoms with E-state index < -0.39 is 12.0 Å². The number of aliphatic carboxylic acids is 1. The SMILES string of the molecule is Cc1ncc(CO)c(CN[C@@H](Cc2c[nH]c3ccccc23)C(=O)O)c1O. The molecule has 26 heavy (non-hydrogen) atoms. The van der Waals surface area contributed by atoms with Gasteiger partial charge in [0.1, 0.15) is 11.8 Å². The van der Waals surface area contributed by atoms with Crippen molar-refractivity contribution < 1.29 is 20.1 Å². The largest absolute Gasteiger partial charge is 0.506 e. The first-order valence-electron chi connectivity index (χ1n) is 8.29. The predicted molar refractivity (Wildman–Crippen MR) is 96.8 cm³/mol. The number of hydrogen-bond donors (Lipinski definition) is 5. The lowest BCUT2D eigenvalue weighted by molar-refractivity contribution is -0.139. The molecule has 3 rings (SSSR count). The van der Waals surface area contributed by atoms with Crippen LogP contribution in [0.15, 0.2) is 36.7 Å². The number of pyridine rings is 1. The van der Waals surface area contributed by atoms with E-state index in [4.69, 9.17) is 0 Å². The molecule has 1 atom stereocenters. The Morgan fingerprint density at radius 2 is 2.08 bits per heavy atom. The zero-order chi connectivity index (χ0) is 18.7. The zero-order valence-corrected chi connectivity index (χ0v) is 14.4. The third kappa shape index (κ3) is 3.54. The second kappa shape index (κ2) is 7.55. The van der Waals surface area contributed by atoms with Crippen LogP contribution >= 0.6 is 0 Å². The number of carboxylic acids is 1. The Morgan fingerprint density at radius 3 is 2.81 bits per heavy atom. The molecule has 2 aromatic heterocycles. The molecule has 0 saturated carbocycles. The second-order valence-electron chi connectivity index (χ2n) is 6.19. The number of fused-ring (bicyclic) bond motifs is 1. The molecule has 136 valence electrons. The maximum Gasteiger partial charge on any atom is 0.321 e. The van der Waals surface area contributed by atoms with Gasteiger partial charge in [-0.25, -0.2) is 0 Å². The summed E-state index contributed by atoms with van der Waals surface area (Å²) in [6, 6.07) is 6.87. The van der Waals surface area contributed by atoms with Gasteiger partial charge in [0.05, 0.1) is 12.3 Å². The number of carbonyl (C=O) groups is 1. The van der Waals surface area contributed by atoms with E-state index in [2.05, 4.69) is 15.3 Å². The van der Waals surface area contributed by atoms with Gasteiger partial charge in [0, 0.05) is 47.4 Å². The van der Waals surface area contributed by atoms with Crippen LogP contribution in [-0.4, -0.2) is 37.3 Å². The van der Waals surface area contributed by atoms with E-state index in [1.165, 1.54) is 6.20 Å². The fourth-order valence-corrected chi connectivity index (χ4v) is 3.01. The minimum absolute atomic E-state index is 0.0275. The molecule has 0 bridgehead atoms. The van der Waals surface area contributed by atoms with Crippen molar-refractivity contribution in [3.63, 3.8) is 0 Å². The number of aliphatic hydroxyl groups is 1.